The second kappa shape index (κ2) is 9.02. The van der Waals surface area contributed by atoms with E-state index in [9.17, 15) is 9.18 Å². The number of ether oxygens (including phenoxy) is 1. The van der Waals surface area contributed by atoms with Gasteiger partial charge in [0.05, 0.1) is 24.3 Å². The summed E-state index contributed by atoms with van der Waals surface area (Å²) in [5.74, 6) is 0.202. The molecule has 7 nitrogen and oxygen atoms in total. The Morgan fingerprint density at radius 3 is 2.74 bits per heavy atom. The topological polar surface area (TPSA) is 80.5 Å². The zero-order chi connectivity index (χ0) is 23.8. The maximum Gasteiger partial charge on any atom is 0.322 e. The molecule has 2 aliphatic rings. The molecule has 8 heteroatoms. The highest BCUT2D eigenvalue weighted by Gasteiger charge is 2.37. The fourth-order valence-electron chi connectivity index (χ4n) is 4.54. The molecule has 176 valence electrons. The lowest BCUT2D eigenvalue weighted by Gasteiger charge is -2.36. The molecule has 5 rings (SSSR count). The number of allylic oxidation sites excluding steroid dienone is 1. The van der Waals surface area contributed by atoms with E-state index in [1.165, 1.54) is 17.7 Å². The van der Waals surface area contributed by atoms with Crippen LogP contribution in [0.1, 0.15) is 48.4 Å². The van der Waals surface area contributed by atoms with Crippen molar-refractivity contribution in [2.45, 2.75) is 45.8 Å². The number of carbonyl (C=O) groups is 1. The number of halogens is 1. The maximum absolute atomic E-state index is 13.8. The van der Waals surface area contributed by atoms with Crippen molar-refractivity contribution >= 4 is 11.6 Å². The summed E-state index contributed by atoms with van der Waals surface area (Å²) in [6.07, 6.45) is 1.89. The first kappa shape index (κ1) is 22.3. The van der Waals surface area contributed by atoms with Gasteiger partial charge in [0, 0.05) is 17.9 Å². The molecular weight excluding hydrogens is 435 g/mol. The molecule has 3 aromatic rings. The molecule has 2 unspecified atom stereocenters. The van der Waals surface area contributed by atoms with Crippen molar-refractivity contribution in [2.75, 3.05) is 13.2 Å². The number of nitrogens with one attached hydrogen (secondary N) is 1. The van der Waals surface area contributed by atoms with Crippen LogP contribution in [0.2, 0.25) is 0 Å². The third-order valence-corrected chi connectivity index (χ3v) is 6.61. The summed E-state index contributed by atoms with van der Waals surface area (Å²) in [6, 6.07) is 11.5. The fraction of sp³-hybridized carbons (Fsp3) is 0.346. The van der Waals surface area contributed by atoms with E-state index in [1.807, 2.05) is 32.9 Å². The summed E-state index contributed by atoms with van der Waals surface area (Å²) >= 11 is 0. The zero-order valence-corrected chi connectivity index (χ0v) is 19.5. The van der Waals surface area contributed by atoms with Gasteiger partial charge in [-0.2, -0.15) is 4.98 Å². The monoisotopic (exact) mass is 462 g/mol. The van der Waals surface area contributed by atoms with Gasteiger partial charge >= 0.3 is 6.03 Å². The molecule has 0 spiro atoms. The van der Waals surface area contributed by atoms with Gasteiger partial charge in [0.25, 0.3) is 5.89 Å². The highest BCUT2D eigenvalue weighted by Crippen LogP contribution is 2.38. The summed E-state index contributed by atoms with van der Waals surface area (Å²) in [4.78, 5) is 19.5. The molecular formula is C26H27FN4O3. The van der Waals surface area contributed by atoms with Crippen molar-refractivity contribution in [1.29, 1.82) is 0 Å². The maximum atomic E-state index is 13.8. The predicted octanol–water partition coefficient (Wildman–Crippen LogP) is 5.17. The fourth-order valence-corrected chi connectivity index (χ4v) is 4.54. The van der Waals surface area contributed by atoms with Crippen LogP contribution in [0.25, 0.3) is 17.0 Å². The van der Waals surface area contributed by atoms with Crippen LogP contribution in [0.3, 0.4) is 0 Å². The van der Waals surface area contributed by atoms with Crippen LogP contribution in [0, 0.1) is 19.7 Å². The number of urea groups is 1. The van der Waals surface area contributed by atoms with Crippen LogP contribution in [0.4, 0.5) is 9.18 Å². The molecule has 2 amide bonds. The Labute approximate surface area is 197 Å². The lowest BCUT2D eigenvalue weighted by Crippen LogP contribution is -2.48. The second-order valence-corrected chi connectivity index (χ2v) is 8.90. The van der Waals surface area contributed by atoms with Crippen molar-refractivity contribution in [3.63, 3.8) is 0 Å². The minimum absolute atomic E-state index is 0.00865. The largest absolute Gasteiger partial charge is 0.376 e. The standard InChI is InChI=1S/C26H27FN4O3/c1-15-9-10-18(12-16(15)2)23-22(17(3)31(26(32)28-23)14-21-8-5-11-33-21)25-29-24(30-34-25)19-6-4-7-20(27)13-19/h4,6-7,9-10,12-13,21,23H,5,8,11,14H2,1-3H3,(H,28,32). The minimum atomic E-state index is -0.464. The number of amides is 2. The molecule has 0 saturated carbocycles. The lowest BCUT2D eigenvalue weighted by atomic mass is 9.92. The van der Waals surface area contributed by atoms with Crippen LogP contribution >= 0.6 is 0 Å². The van der Waals surface area contributed by atoms with Crippen LogP contribution in [0.15, 0.2) is 52.7 Å². The van der Waals surface area contributed by atoms with Gasteiger partial charge < -0.3 is 14.6 Å². The van der Waals surface area contributed by atoms with Gasteiger partial charge in [0.15, 0.2) is 0 Å². The highest BCUT2D eigenvalue weighted by molar-refractivity contribution is 5.87. The van der Waals surface area contributed by atoms with Gasteiger partial charge in [-0.1, -0.05) is 35.5 Å². The molecule has 0 bridgehead atoms. The van der Waals surface area contributed by atoms with Gasteiger partial charge in [-0.3, -0.25) is 4.90 Å². The molecule has 1 aromatic heterocycles. The minimum Gasteiger partial charge on any atom is -0.376 e. The molecule has 0 aliphatic carbocycles. The smallest absolute Gasteiger partial charge is 0.322 e. The van der Waals surface area contributed by atoms with Gasteiger partial charge in [-0.25, -0.2) is 9.18 Å². The van der Waals surface area contributed by atoms with Crippen LogP contribution in [0.5, 0.6) is 0 Å². The van der Waals surface area contributed by atoms with Crippen molar-refractivity contribution in [3.8, 4) is 11.4 Å². The Hall–Kier alpha value is -3.52. The van der Waals surface area contributed by atoms with E-state index < -0.39 is 6.04 Å². The molecule has 1 fully saturated rings. The van der Waals surface area contributed by atoms with Gasteiger partial charge in [-0.15, -0.1) is 0 Å². The van der Waals surface area contributed by atoms with E-state index in [0.717, 1.165) is 35.2 Å². The van der Waals surface area contributed by atoms with Crippen LogP contribution < -0.4 is 5.32 Å². The summed E-state index contributed by atoms with van der Waals surface area (Å²) in [5, 5.41) is 7.23. The summed E-state index contributed by atoms with van der Waals surface area (Å²) < 4.78 is 25.2. The van der Waals surface area contributed by atoms with Gasteiger partial charge in [-0.05, 0) is 62.4 Å². The summed E-state index contributed by atoms with van der Waals surface area (Å²) in [7, 11) is 0. The number of aryl methyl sites for hydroxylation is 2. The Kier molecular flexibility index (Phi) is 5.91. The number of nitrogens with zero attached hydrogens (tertiary/aromatic N) is 3. The van der Waals surface area contributed by atoms with Crippen LogP contribution in [-0.2, 0) is 4.74 Å². The van der Waals surface area contributed by atoms with E-state index >= 15 is 0 Å². The van der Waals surface area contributed by atoms with Crippen molar-refractivity contribution < 1.29 is 18.4 Å². The summed E-state index contributed by atoms with van der Waals surface area (Å²) in [6.45, 7) is 7.14. The van der Waals surface area contributed by atoms with Gasteiger partial charge in [0.2, 0.25) is 5.82 Å². The molecule has 34 heavy (non-hydrogen) atoms. The molecule has 2 aliphatic heterocycles. The molecule has 2 aromatic carbocycles. The van der Waals surface area contributed by atoms with Crippen LogP contribution in [-0.4, -0.2) is 40.3 Å². The number of rotatable bonds is 5. The third kappa shape index (κ3) is 4.21. The van der Waals surface area contributed by atoms with E-state index in [0.29, 0.717) is 18.7 Å². The molecule has 0 radical (unpaired) electrons. The van der Waals surface area contributed by atoms with Gasteiger partial charge in [0.1, 0.15) is 5.82 Å². The SMILES string of the molecule is CC1=C(c2nc(-c3cccc(F)c3)no2)C(c2ccc(C)c(C)c2)NC(=O)N1CC1CCCO1. The van der Waals surface area contributed by atoms with Crippen molar-refractivity contribution in [2.24, 2.45) is 0 Å². The second-order valence-electron chi connectivity index (χ2n) is 8.90. The predicted molar refractivity (Wildman–Crippen MR) is 125 cm³/mol. The quantitative estimate of drug-likeness (QED) is 0.566. The molecule has 1 N–H and O–H groups in total. The Morgan fingerprint density at radius 2 is 2.00 bits per heavy atom. The van der Waals surface area contributed by atoms with E-state index in [-0.39, 0.29) is 29.7 Å². The van der Waals surface area contributed by atoms with Crippen molar-refractivity contribution in [1.82, 2.24) is 20.4 Å². The number of hydrogen-bond donors (Lipinski definition) is 1. The number of aromatic nitrogens is 2. The normalized spacial score (nSPS) is 20.7. The van der Waals surface area contributed by atoms with E-state index in [1.54, 1.807) is 17.0 Å². The molecule has 2 atom stereocenters. The number of benzene rings is 2. The Bertz CT molecular complexity index is 1260. The third-order valence-electron chi connectivity index (χ3n) is 6.61. The first-order valence-electron chi connectivity index (χ1n) is 11.5. The van der Waals surface area contributed by atoms with E-state index in [4.69, 9.17) is 9.26 Å². The lowest BCUT2D eigenvalue weighted by molar-refractivity contribution is 0.0877. The molecule has 3 heterocycles. The zero-order valence-electron chi connectivity index (χ0n) is 19.5. The number of carbonyl (C=O) groups excluding carboxylic acids is 1. The Balaban J connectivity index is 1.59. The Morgan fingerprint density at radius 1 is 1.15 bits per heavy atom. The van der Waals surface area contributed by atoms with E-state index in [2.05, 4.69) is 21.5 Å². The van der Waals surface area contributed by atoms with Crippen molar-refractivity contribution in [3.05, 3.63) is 76.6 Å². The first-order valence-corrected chi connectivity index (χ1v) is 11.5. The highest BCUT2D eigenvalue weighted by atomic mass is 19.1. The average molecular weight is 463 g/mol. The number of hydrogen-bond acceptors (Lipinski definition) is 5. The summed E-state index contributed by atoms with van der Waals surface area (Å²) in [5.41, 5.74) is 5.18. The molecule has 1 saturated heterocycles. The first-order chi connectivity index (χ1) is 16.4. The average Bonchev–Trinajstić information content (AvgIpc) is 3.50.